The molecule has 1 aromatic heterocycles. The van der Waals surface area contributed by atoms with Crippen LogP contribution in [0, 0.1) is 17.5 Å². The molecule has 1 atom stereocenters. The number of pyridine rings is 1. The first kappa shape index (κ1) is 26.6. The fourth-order valence-electron chi connectivity index (χ4n) is 4.79. The predicted molar refractivity (Wildman–Crippen MR) is 141 cm³/mol. The molecular formula is C28H25F3N4O3S. The van der Waals surface area contributed by atoms with E-state index in [1.807, 2.05) is 11.8 Å². The average molecular weight is 555 g/mol. The van der Waals surface area contributed by atoms with Crippen molar-refractivity contribution >= 4 is 32.5 Å². The Morgan fingerprint density at radius 1 is 1.03 bits per heavy atom. The van der Waals surface area contributed by atoms with Crippen molar-refractivity contribution in [3.8, 4) is 0 Å². The van der Waals surface area contributed by atoms with Gasteiger partial charge in [0.05, 0.1) is 5.52 Å². The smallest absolute Gasteiger partial charge is 0.264 e. The number of benzene rings is 3. The lowest BCUT2D eigenvalue weighted by Crippen LogP contribution is -2.53. The van der Waals surface area contributed by atoms with Crippen molar-refractivity contribution < 1.29 is 26.4 Å². The molecule has 0 unspecified atom stereocenters. The van der Waals surface area contributed by atoms with Crippen LogP contribution in [-0.2, 0) is 16.6 Å². The van der Waals surface area contributed by atoms with Crippen LogP contribution in [0.2, 0.25) is 0 Å². The predicted octanol–water partition coefficient (Wildman–Crippen LogP) is 4.80. The Kier molecular flexibility index (Phi) is 7.28. The molecule has 202 valence electrons. The summed E-state index contributed by atoms with van der Waals surface area (Å²) in [5.74, 6) is -3.38. The molecule has 7 nitrogen and oxygen atoms in total. The van der Waals surface area contributed by atoms with Crippen molar-refractivity contribution in [2.75, 3.05) is 24.4 Å². The van der Waals surface area contributed by atoms with Crippen LogP contribution in [0.4, 0.5) is 18.9 Å². The summed E-state index contributed by atoms with van der Waals surface area (Å²) in [4.78, 5) is 20.9. The number of sulfonamides is 1. The number of aromatic nitrogens is 1. The quantitative estimate of drug-likeness (QED) is 0.347. The monoisotopic (exact) mass is 554 g/mol. The van der Waals surface area contributed by atoms with Gasteiger partial charge < -0.3 is 4.90 Å². The van der Waals surface area contributed by atoms with E-state index in [1.165, 1.54) is 24.4 Å². The first-order chi connectivity index (χ1) is 18.6. The molecule has 1 amide bonds. The SMILES string of the molecule is C[C@H]1CN(Cc2cc(F)cc(F)c2F)CCN1C(=O)c1ccc(NS(=O)(=O)c2cccc3cccnc23)cc1. The highest BCUT2D eigenvalue weighted by molar-refractivity contribution is 7.93. The standard InChI is InChI=1S/C28H25F3N4O3S/c1-18-16-34(17-21-14-22(29)15-24(30)26(21)31)12-13-35(18)28(36)20-7-9-23(10-8-20)33-39(37,38)25-6-2-4-19-5-3-11-32-27(19)25/h2-11,14-15,18,33H,12-13,16-17H2,1H3/t18-/m0/s1. The average Bonchev–Trinajstić information content (AvgIpc) is 2.91. The topological polar surface area (TPSA) is 82.6 Å². The number of carbonyl (C=O) groups excluding carboxylic acids is 1. The van der Waals surface area contributed by atoms with E-state index in [9.17, 15) is 26.4 Å². The van der Waals surface area contributed by atoms with Gasteiger partial charge in [-0.3, -0.25) is 19.4 Å². The number of anilines is 1. The normalized spacial score (nSPS) is 16.4. The van der Waals surface area contributed by atoms with Gasteiger partial charge in [-0.25, -0.2) is 21.6 Å². The maximum atomic E-state index is 14.1. The van der Waals surface area contributed by atoms with E-state index in [-0.39, 0.29) is 29.0 Å². The van der Waals surface area contributed by atoms with Gasteiger partial charge in [0, 0.05) is 66.7 Å². The second kappa shape index (κ2) is 10.7. The summed E-state index contributed by atoms with van der Waals surface area (Å²) in [6.07, 6.45) is 1.53. The molecule has 0 aliphatic carbocycles. The molecule has 1 saturated heterocycles. The Balaban J connectivity index is 1.24. The number of hydrogen-bond donors (Lipinski definition) is 1. The van der Waals surface area contributed by atoms with Crippen LogP contribution in [-0.4, -0.2) is 54.8 Å². The third-order valence-electron chi connectivity index (χ3n) is 6.70. The summed E-state index contributed by atoms with van der Waals surface area (Å²) in [5.41, 5.74) is 0.958. The summed E-state index contributed by atoms with van der Waals surface area (Å²) in [5, 5.41) is 0.698. The highest BCUT2D eigenvalue weighted by Gasteiger charge is 2.29. The molecule has 3 aromatic carbocycles. The second-order valence-corrected chi connectivity index (χ2v) is 11.1. The lowest BCUT2D eigenvalue weighted by Gasteiger charge is -2.40. The number of halogens is 3. The number of hydrogen-bond acceptors (Lipinski definition) is 5. The van der Waals surface area contributed by atoms with Crippen molar-refractivity contribution in [1.29, 1.82) is 0 Å². The molecule has 1 N–H and O–H groups in total. The van der Waals surface area contributed by atoms with E-state index < -0.39 is 27.5 Å². The zero-order valence-corrected chi connectivity index (χ0v) is 21.8. The third-order valence-corrected chi connectivity index (χ3v) is 8.12. The summed E-state index contributed by atoms with van der Waals surface area (Å²) in [6, 6.07) is 15.8. The van der Waals surface area contributed by atoms with Crippen molar-refractivity contribution in [3.05, 3.63) is 102 Å². The number of nitrogens with one attached hydrogen (secondary N) is 1. The molecule has 1 fully saturated rings. The minimum Gasteiger partial charge on any atom is -0.333 e. The number of nitrogens with zero attached hydrogens (tertiary/aromatic N) is 3. The fraction of sp³-hybridized carbons (Fsp3) is 0.214. The molecule has 39 heavy (non-hydrogen) atoms. The number of fused-ring (bicyclic) bond motifs is 1. The number of para-hydroxylation sites is 1. The van der Waals surface area contributed by atoms with Gasteiger partial charge in [-0.15, -0.1) is 0 Å². The molecule has 0 bridgehead atoms. The molecule has 5 rings (SSSR count). The zero-order valence-electron chi connectivity index (χ0n) is 20.9. The van der Waals surface area contributed by atoms with Crippen molar-refractivity contribution in [2.24, 2.45) is 0 Å². The summed E-state index contributed by atoms with van der Waals surface area (Å²) >= 11 is 0. The largest absolute Gasteiger partial charge is 0.333 e. The molecule has 0 saturated carbocycles. The fourth-order valence-corrected chi connectivity index (χ4v) is 6.03. The van der Waals surface area contributed by atoms with E-state index in [1.54, 1.807) is 41.3 Å². The van der Waals surface area contributed by atoms with Crippen molar-refractivity contribution in [1.82, 2.24) is 14.8 Å². The highest BCUT2D eigenvalue weighted by Crippen LogP contribution is 2.24. The number of carbonyl (C=O) groups is 1. The van der Waals surface area contributed by atoms with Crippen LogP contribution in [0.3, 0.4) is 0 Å². The van der Waals surface area contributed by atoms with Crippen LogP contribution in [0.15, 0.2) is 77.8 Å². The summed E-state index contributed by atoms with van der Waals surface area (Å²) < 4.78 is 69.8. The minimum atomic E-state index is -3.93. The van der Waals surface area contributed by atoms with Crippen LogP contribution in [0.5, 0.6) is 0 Å². The maximum absolute atomic E-state index is 14.1. The Hall–Kier alpha value is -3.96. The van der Waals surface area contributed by atoms with Gasteiger partial charge >= 0.3 is 0 Å². The molecular weight excluding hydrogens is 529 g/mol. The number of rotatable bonds is 6. The van der Waals surface area contributed by atoms with E-state index in [0.29, 0.717) is 47.9 Å². The Morgan fingerprint density at radius 3 is 2.51 bits per heavy atom. The summed E-state index contributed by atoms with van der Waals surface area (Å²) in [7, 11) is -3.93. The molecule has 0 spiro atoms. The molecule has 1 aliphatic rings. The van der Waals surface area contributed by atoms with Crippen LogP contribution in [0.25, 0.3) is 10.9 Å². The van der Waals surface area contributed by atoms with Gasteiger partial charge in [0.2, 0.25) is 0 Å². The first-order valence-corrected chi connectivity index (χ1v) is 13.7. The Morgan fingerprint density at radius 2 is 1.77 bits per heavy atom. The lowest BCUT2D eigenvalue weighted by atomic mass is 10.1. The van der Waals surface area contributed by atoms with Gasteiger partial charge in [-0.1, -0.05) is 18.2 Å². The van der Waals surface area contributed by atoms with Crippen molar-refractivity contribution in [2.45, 2.75) is 24.4 Å². The Labute approximate surface area is 223 Å². The molecule has 4 aromatic rings. The van der Waals surface area contributed by atoms with Crippen LogP contribution >= 0.6 is 0 Å². The molecule has 1 aliphatic heterocycles. The third kappa shape index (κ3) is 5.59. The Bertz CT molecular complexity index is 1640. The molecule has 11 heteroatoms. The number of piperazine rings is 1. The first-order valence-electron chi connectivity index (χ1n) is 12.3. The van der Waals surface area contributed by atoms with Gasteiger partial charge in [0.15, 0.2) is 11.6 Å². The lowest BCUT2D eigenvalue weighted by molar-refractivity contribution is 0.0473. The van der Waals surface area contributed by atoms with E-state index >= 15 is 0 Å². The van der Waals surface area contributed by atoms with Crippen molar-refractivity contribution in [3.63, 3.8) is 0 Å². The van der Waals surface area contributed by atoms with Gasteiger partial charge in [0.1, 0.15) is 10.7 Å². The molecule has 0 radical (unpaired) electrons. The van der Waals surface area contributed by atoms with Crippen LogP contribution < -0.4 is 4.72 Å². The molecule has 2 heterocycles. The van der Waals surface area contributed by atoms with Crippen LogP contribution in [0.1, 0.15) is 22.8 Å². The van der Waals surface area contributed by atoms with E-state index in [2.05, 4.69) is 9.71 Å². The van der Waals surface area contributed by atoms with E-state index in [0.717, 1.165) is 6.07 Å². The van der Waals surface area contributed by atoms with Gasteiger partial charge in [-0.2, -0.15) is 0 Å². The highest BCUT2D eigenvalue weighted by atomic mass is 32.2. The second-order valence-electron chi connectivity index (χ2n) is 9.46. The van der Waals surface area contributed by atoms with Gasteiger partial charge in [-0.05, 0) is 49.4 Å². The van der Waals surface area contributed by atoms with E-state index in [4.69, 9.17) is 0 Å². The number of amides is 1. The zero-order chi connectivity index (χ0) is 27.7. The minimum absolute atomic E-state index is 0.0218. The maximum Gasteiger partial charge on any atom is 0.264 e. The summed E-state index contributed by atoms with van der Waals surface area (Å²) in [6.45, 7) is 2.98. The van der Waals surface area contributed by atoms with Gasteiger partial charge in [0.25, 0.3) is 15.9 Å².